The molecule has 0 atom stereocenters. The molecular weight excluding hydrogens is 694 g/mol. The van der Waals surface area contributed by atoms with Gasteiger partial charge >= 0.3 is 0 Å². The second kappa shape index (κ2) is 14.2. The van der Waals surface area contributed by atoms with Crippen molar-refractivity contribution in [3.63, 3.8) is 0 Å². The largest absolute Gasteiger partial charge is 0.493 e. The Morgan fingerprint density at radius 3 is 2.50 bits per heavy atom. The minimum atomic E-state index is -0.0839. The Balaban J connectivity index is 1.02. The number of carbonyl (C=O) groups is 1. The van der Waals surface area contributed by atoms with E-state index in [0.29, 0.717) is 30.6 Å². The summed E-state index contributed by atoms with van der Waals surface area (Å²) in [4.78, 5) is 30.2. The number of hydrogen-bond acceptors (Lipinski definition) is 8. The molecule has 3 aliphatic rings. The SMILES string of the molecule is COc1cc2c(cc1OC)C1(CCC(C(=O)N3CCN(c4ncnc5c4cnn5Cc4ccccc4Cl)CC3)CC1)N(CCCBr)CC2. The van der Waals surface area contributed by atoms with Gasteiger partial charge in [0.1, 0.15) is 12.1 Å². The van der Waals surface area contributed by atoms with Gasteiger partial charge in [-0.25, -0.2) is 14.6 Å². The smallest absolute Gasteiger partial charge is 0.225 e. The number of alkyl halides is 1. The Morgan fingerprint density at radius 2 is 1.77 bits per heavy atom. The van der Waals surface area contributed by atoms with Gasteiger partial charge in [0.15, 0.2) is 17.1 Å². The van der Waals surface area contributed by atoms with Crippen LogP contribution in [0.2, 0.25) is 5.02 Å². The first-order valence-electron chi connectivity index (χ1n) is 17.0. The summed E-state index contributed by atoms with van der Waals surface area (Å²) in [5.41, 5.74) is 4.38. The fourth-order valence-electron chi connectivity index (χ4n) is 8.14. The molecule has 0 radical (unpaired) electrons. The summed E-state index contributed by atoms with van der Waals surface area (Å²) in [6.07, 6.45) is 9.23. The number of halogens is 2. The summed E-state index contributed by atoms with van der Waals surface area (Å²) in [6.45, 7) is 5.39. The lowest BCUT2D eigenvalue weighted by Crippen LogP contribution is -2.55. The number of carbonyl (C=O) groups excluding carboxylic acids is 1. The first kappa shape index (κ1) is 33.1. The number of anilines is 1. The molecule has 2 aromatic carbocycles. The third kappa shape index (κ3) is 6.13. The van der Waals surface area contributed by atoms with Crippen LogP contribution in [0.1, 0.15) is 48.8 Å². The zero-order valence-corrected chi connectivity index (χ0v) is 30.0. The van der Waals surface area contributed by atoms with E-state index in [1.54, 1.807) is 20.5 Å². The van der Waals surface area contributed by atoms with Crippen molar-refractivity contribution >= 4 is 50.3 Å². The molecule has 0 N–H and O–H groups in total. The van der Waals surface area contributed by atoms with E-state index in [9.17, 15) is 4.79 Å². The van der Waals surface area contributed by atoms with Crippen LogP contribution in [0.25, 0.3) is 11.0 Å². The number of ether oxygens (including phenoxy) is 2. The Labute approximate surface area is 295 Å². The van der Waals surface area contributed by atoms with E-state index in [1.807, 2.05) is 35.1 Å². The van der Waals surface area contributed by atoms with Crippen LogP contribution in [0.5, 0.6) is 11.5 Å². The monoisotopic (exact) mass is 735 g/mol. The van der Waals surface area contributed by atoms with Crippen molar-refractivity contribution in [3.8, 4) is 11.5 Å². The minimum absolute atomic E-state index is 0.0412. The van der Waals surface area contributed by atoms with Gasteiger partial charge in [-0.1, -0.05) is 45.7 Å². The maximum absolute atomic E-state index is 14.0. The molecular formula is C36H43BrClN7O3. The summed E-state index contributed by atoms with van der Waals surface area (Å²) in [5.74, 6) is 2.77. The molecule has 4 aromatic rings. The highest BCUT2D eigenvalue weighted by Gasteiger charge is 2.47. The standard InChI is InChI=1S/C36H43BrClN7O3/c1-47-31-20-26-10-15-44(14-5-13-37)36(29(26)21-32(31)48-2)11-8-25(9-12-36)35(46)43-18-16-42(17-19-43)33-28-22-41-45(34(28)40-24-39-33)23-27-6-3-4-7-30(27)38/h3-4,6-7,20-22,24-25H,5,8-19,23H2,1-2H3. The van der Waals surface area contributed by atoms with Crippen molar-refractivity contribution < 1.29 is 14.3 Å². The Morgan fingerprint density at radius 1 is 1.02 bits per heavy atom. The van der Waals surface area contributed by atoms with Gasteiger partial charge < -0.3 is 19.3 Å². The maximum atomic E-state index is 14.0. The molecule has 48 heavy (non-hydrogen) atoms. The van der Waals surface area contributed by atoms with Crippen LogP contribution in [0.3, 0.4) is 0 Å². The van der Waals surface area contributed by atoms with E-state index < -0.39 is 0 Å². The fourth-order valence-corrected chi connectivity index (χ4v) is 8.58. The lowest BCUT2D eigenvalue weighted by Gasteiger charge is -2.52. The van der Waals surface area contributed by atoms with Gasteiger partial charge in [0, 0.05) is 54.5 Å². The molecule has 1 amide bonds. The number of rotatable bonds is 9. The fraction of sp³-hybridized carbons (Fsp3) is 0.500. The lowest BCUT2D eigenvalue weighted by molar-refractivity contribution is -0.138. The van der Waals surface area contributed by atoms with Gasteiger partial charge in [-0.3, -0.25) is 9.69 Å². The Kier molecular flexibility index (Phi) is 9.80. The Bertz CT molecular complexity index is 1770. The quantitative estimate of drug-likeness (QED) is 0.196. The van der Waals surface area contributed by atoms with Crippen molar-refractivity contribution in [1.29, 1.82) is 0 Å². The molecule has 4 heterocycles. The van der Waals surface area contributed by atoms with Gasteiger partial charge in [0.05, 0.1) is 32.3 Å². The van der Waals surface area contributed by atoms with Gasteiger partial charge in [-0.05, 0) is 80.0 Å². The van der Waals surface area contributed by atoms with Crippen LogP contribution in [-0.4, -0.2) is 94.3 Å². The van der Waals surface area contributed by atoms with Crippen molar-refractivity contribution in [2.75, 3.05) is 63.7 Å². The van der Waals surface area contributed by atoms with Gasteiger partial charge in [0.2, 0.25) is 5.91 Å². The average molecular weight is 737 g/mol. The molecule has 2 aromatic heterocycles. The van der Waals surface area contributed by atoms with Crippen LogP contribution in [0.15, 0.2) is 48.9 Å². The number of nitrogens with zero attached hydrogens (tertiary/aromatic N) is 7. The van der Waals surface area contributed by atoms with Crippen LogP contribution < -0.4 is 14.4 Å². The molecule has 1 saturated heterocycles. The second-order valence-corrected chi connectivity index (χ2v) is 14.3. The molecule has 2 fully saturated rings. The predicted molar refractivity (Wildman–Crippen MR) is 192 cm³/mol. The molecule has 2 aliphatic heterocycles. The summed E-state index contributed by atoms with van der Waals surface area (Å²) in [7, 11) is 3.41. The van der Waals surface area contributed by atoms with Crippen molar-refractivity contribution in [2.24, 2.45) is 5.92 Å². The summed E-state index contributed by atoms with van der Waals surface area (Å²) >= 11 is 10.1. The van der Waals surface area contributed by atoms with E-state index >= 15 is 0 Å². The minimum Gasteiger partial charge on any atom is -0.493 e. The number of fused-ring (bicyclic) bond motifs is 3. The van der Waals surface area contributed by atoms with Crippen LogP contribution >= 0.6 is 27.5 Å². The molecule has 0 unspecified atom stereocenters. The van der Waals surface area contributed by atoms with Gasteiger partial charge in [-0.2, -0.15) is 5.10 Å². The molecule has 1 saturated carbocycles. The highest BCUT2D eigenvalue weighted by Crippen LogP contribution is 2.50. The van der Waals surface area contributed by atoms with Crippen LogP contribution in [-0.2, 0) is 23.3 Å². The first-order valence-corrected chi connectivity index (χ1v) is 18.5. The summed E-state index contributed by atoms with van der Waals surface area (Å²) < 4.78 is 13.3. The third-order valence-corrected chi connectivity index (χ3v) is 11.6. The zero-order chi connectivity index (χ0) is 33.3. The van der Waals surface area contributed by atoms with Gasteiger partial charge in [-0.15, -0.1) is 0 Å². The highest BCUT2D eigenvalue weighted by atomic mass is 79.9. The van der Waals surface area contributed by atoms with Crippen molar-refractivity contribution in [2.45, 2.75) is 50.6 Å². The first-order chi connectivity index (χ1) is 23.5. The molecule has 1 aliphatic carbocycles. The Hall–Kier alpha value is -3.41. The van der Waals surface area contributed by atoms with Gasteiger partial charge in [0.25, 0.3) is 0 Å². The van der Waals surface area contributed by atoms with Crippen molar-refractivity contribution in [3.05, 3.63) is 70.6 Å². The highest BCUT2D eigenvalue weighted by molar-refractivity contribution is 9.09. The van der Waals surface area contributed by atoms with Crippen LogP contribution in [0.4, 0.5) is 5.82 Å². The lowest BCUT2D eigenvalue weighted by atomic mass is 9.68. The molecule has 1 spiro atoms. The molecule has 0 bridgehead atoms. The summed E-state index contributed by atoms with van der Waals surface area (Å²) in [6, 6.07) is 12.2. The molecule has 10 nitrogen and oxygen atoms in total. The number of hydrogen-bond donors (Lipinski definition) is 0. The zero-order valence-electron chi connectivity index (χ0n) is 27.7. The number of aromatic nitrogens is 4. The van der Waals surface area contributed by atoms with E-state index in [2.05, 4.69) is 57.8 Å². The van der Waals surface area contributed by atoms with E-state index in [0.717, 1.165) is 104 Å². The topological polar surface area (TPSA) is 88.9 Å². The molecule has 12 heteroatoms. The summed E-state index contributed by atoms with van der Waals surface area (Å²) in [5, 5.41) is 7.23. The van der Waals surface area contributed by atoms with E-state index in [-0.39, 0.29) is 11.5 Å². The molecule has 254 valence electrons. The van der Waals surface area contributed by atoms with Crippen molar-refractivity contribution in [1.82, 2.24) is 29.5 Å². The number of piperazine rings is 1. The third-order valence-electron chi connectivity index (χ3n) is 10.7. The van der Waals surface area contributed by atoms with Crippen LogP contribution in [0, 0.1) is 5.92 Å². The normalized spacial score (nSPS) is 21.5. The van der Waals surface area contributed by atoms with E-state index in [1.165, 1.54) is 11.1 Å². The predicted octanol–water partition coefficient (Wildman–Crippen LogP) is 5.92. The molecule has 7 rings (SSSR count). The number of benzene rings is 2. The number of amides is 1. The maximum Gasteiger partial charge on any atom is 0.225 e. The average Bonchev–Trinajstić information content (AvgIpc) is 3.54. The second-order valence-electron chi connectivity index (χ2n) is 13.1. The van der Waals surface area contributed by atoms with E-state index in [4.69, 9.17) is 21.1 Å². The number of methoxy groups -OCH3 is 2.